The number of nitrogens with zero attached hydrogens (tertiary/aromatic N) is 1. The van der Waals surface area contributed by atoms with Gasteiger partial charge in [-0.2, -0.15) is 0 Å². The number of ether oxygens (including phenoxy) is 1. The first-order valence-corrected chi connectivity index (χ1v) is 9.44. The summed E-state index contributed by atoms with van der Waals surface area (Å²) in [6.45, 7) is 0. The molecule has 0 atom stereocenters. The number of carbonyl (C=O) groups is 1. The van der Waals surface area contributed by atoms with E-state index in [2.05, 4.69) is 15.9 Å². The predicted molar refractivity (Wildman–Crippen MR) is 112 cm³/mol. The Morgan fingerprint density at radius 2 is 1.80 bits per heavy atom. The average molecular weight is 432 g/mol. The first-order chi connectivity index (χ1) is 12.1. The molecule has 1 saturated heterocycles. The molecule has 1 heterocycles. The van der Waals surface area contributed by atoms with Crippen LogP contribution in [-0.4, -0.2) is 17.3 Å². The highest BCUT2D eigenvalue weighted by Crippen LogP contribution is 2.35. The Morgan fingerprint density at radius 1 is 1.12 bits per heavy atom. The molecule has 25 heavy (non-hydrogen) atoms. The molecule has 0 aliphatic carbocycles. The highest BCUT2D eigenvalue weighted by atomic mass is 79.9. The van der Waals surface area contributed by atoms with Crippen molar-refractivity contribution in [2.24, 2.45) is 0 Å². The zero-order chi connectivity index (χ0) is 17.8. The summed E-state index contributed by atoms with van der Waals surface area (Å²) in [6.07, 6.45) is 5.61. The third kappa shape index (κ3) is 4.21. The van der Waals surface area contributed by atoms with Gasteiger partial charge in [-0.05, 0) is 48.0 Å². The van der Waals surface area contributed by atoms with Gasteiger partial charge in [-0.15, -0.1) is 0 Å². The molecule has 0 saturated carbocycles. The normalized spacial score (nSPS) is 16.2. The molecule has 3 nitrogen and oxygen atoms in total. The Labute approximate surface area is 164 Å². The van der Waals surface area contributed by atoms with E-state index in [1.54, 1.807) is 18.1 Å². The number of anilines is 1. The standard InChI is InChI=1S/C19H14BrNO2S2/c1-23-16-11-9-15(10-12-16)21-18(22)17(25-19(21)24)4-2-3-13-5-7-14(20)8-6-13/h2-12H,1H3. The average Bonchev–Trinajstić information content (AvgIpc) is 2.90. The molecule has 1 fully saturated rings. The van der Waals surface area contributed by atoms with Gasteiger partial charge in [-0.25, -0.2) is 0 Å². The lowest BCUT2D eigenvalue weighted by Crippen LogP contribution is -2.27. The SMILES string of the molecule is COc1ccc(N2C(=O)C(=CC=Cc3ccc(Br)cc3)SC2=S)cc1. The molecule has 0 N–H and O–H groups in total. The van der Waals surface area contributed by atoms with Crippen molar-refractivity contribution in [3.8, 4) is 5.75 Å². The van der Waals surface area contributed by atoms with Crippen LogP contribution in [0.25, 0.3) is 6.08 Å². The molecular formula is C19H14BrNO2S2. The fourth-order valence-corrected chi connectivity index (χ4v) is 3.77. The molecular weight excluding hydrogens is 418 g/mol. The minimum Gasteiger partial charge on any atom is -0.497 e. The topological polar surface area (TPSA) is 29.5 Å². The number of amides is 1. The van der Waals surface area contributed by atoms with E-state index >= 15 is 0 Å². The summed E-state index contributed by atoms with van der Waals surface area (Å²) >= 11 is 10.1. The molecule has 0 spiro atoms. The van der Waals surface area contributed by atoms with Crippen LogP contribution in [0.1, 0.15) is 5.56 Å². The first kappa shape index (κ1) is 17.9. The fourth-order valence-electron chi connectivity index (χ4n) is 2.26. The summed E-state index contributed by atoms with van der Waals surface area (Å²) in [6, 6.07) is 15.2. The van der Waals surface area contributed by atoms with Crippen molar-refractivity contribution in [3.05, 3.63) is 75.6 Å². The number of hydrogen-bond acceptors (Lipinski definition) is 4. The zero-order valence-corrected chi connectivity index (χ0v) is 16.5. The summed E-state index contributed by atoms with van der Waals surface area (Å²) in [5.41, 5.74) is 1.80. The molecule has 1 aliphatic rings. The second kappa shape index (κ2) is 7.99. The fraction of sp³-hybridized carbons (Fsp3) is 0.0526. The van der Waals surface area contributed by atoms with E-state index < -0.39 is 0 Å². The second-order valence-corrected chi connectivity index (χ2v) is 7.74. The van der Waals surface area contributed by atoms with Crippen LogP contribution in [0.3, 0.4) is 0 Å². The molecule has 2 aromatic rings. The number of benzene rings is 2. The highest BCUT2D eigenvalue weighted by molar-refractivity contribution is 9.10. The molecule has 0 bridgehead atoms. The zero-order valence-electron chi connectivity index (χ0n) is 13.3. The van der Waals surface area contributed by atoms with Crippen LogP contribution < -0.4 is 9.64 Å². The van der Waals surface area contributed by atoms with Crippen molar-refractivity contribution in [3.63, 3.8) is 0 Å². The van der Waals surface area contributed by atoms with E-state index in [9.17, 15) is 4.79 Å². The van der Waals surface area contributed by atoms with Gasteiger partial charge in [-0.1, -0.05) is 64.2 Å². The number of halogens is 1. The number of thiocarbonyl (C=S) groups is 1. The lowest BCUT2D eigenvalue weighted by molar-refractivity contribution is -0.113. The number of carbonyl (C=O) groups excluding carboxylic acids is 1. The number of methoxy groups -OCH3 is 1. The monoisotopic (exact) mass is 431 g/mol. The van der Waals surface area contributed by atoms with Gasteiger partial charge in [-0.3, -0.25) is 9.69 Å². The van der Waals surface area contributed by atoms with E-state index in [1.807, 2.05) is 60.7 Å². The minimum absolute atomic E-state index is 0.111. The first-order valence-electron chi connectivity index (χ1n) is 7.43. The summed E-state index contributed by atoms with van der Waals surface area (Å²) in [5.74, 6) is 0.628. The van der Waals surface area contributed by atoms with Gasteiger partial charge in [0.25, 0.3) is 5.91 Å². The Balaban J connectivity index is 1.76. The van der Waals surface area contributed by atoms with Gasteiger partial charge in [0.05, 0.1) is 17.7 Å². The van der Waals surface area contributed by atoms with E-state index in [4.69, 9.17) is 17.0 Å². The summed E-state index contributed by atoms with van der Waals surface area (Å²) in [4.78, 5) is 14.8. The van der Waals surface area contributed by atoms with E-state index in [-0.39, 0.29) is 5.91 Å². The van der Waals surface area contributed by atoms with E-state index in [0.717, 1.165) is 21.5 Å². The summed E-state index contributed by atoms with van der Waals surface area (Å²) in [5, 5.41) is 0. The van der Waals surface area contributed by atoms with Gasteiger partial charge >= 0.3 is 0 Å². The molecule has 126 valence electrons. The van der Waals surface area contributed by atoms with Gasteiger partial charge in [0.1, 0.15) is 5.75 Å². The highest BCUT2D eigenvalue weighted by Gasteiger charge is 2.32. The minimum atomic E-state index is -0.111. The maximum absolute atomic E-state index is 12.6. The van der Waals surface area contributed by atoms with Crippen LogP contribution in [0.5, 0.6) is 5.75 Å². The number of allylic oxidation sites excluding steroid dienone is 2. The molecule has 1 aliphatic heterocycles. The largest absolute Gasteiger partial charge is 0.497 e. The molecule has 3 rings (SSSR count). The third-order valence-corrected chi connectivity index (χ3v) is 5.38. The number of hydrogen-bond donors (Lipinski definition) is 0. The molecule has 0 radical (unpaired) electrons. The van der Waals surface area contributed by atoms with Gasteiger partial charge in [0.15, 0.2) is 4.32 Å². The van der Waals surface area contributed by atoms with Crippen LogP contribution in [0, 0.1) is 0 Å². The van der Waals surface area contributed by atoms with Crippen LogP contribution in [0.15, 0.2) is 70.1 Å². The maximum Gasteiger partial charge on any atom is 0.270 e. The van der Waals surface area contributed by atoms with Crippen molar-refractivity contribution < 1.29 is 9.53 Å². The van der Waals surface area contributed by atoms with Crippen molar-refractivity contribution in [1.29, 1.82) is 0 Å². The molecule has 0 unspecified atom stereocenters. The lowest BCUT2D eigenvalue weighted by atomic mass is 10.2. The molecule has 6 heteroatoms. The molecule has 1 amide bonds. The Kier molecular flexibility index (Phi) is 5.73. The van der Waals surface area contributed by atoms with Crippen molar-refractivity contribution in [2.45, 2.75) is 0 Å². The maximum atomic E-state index is 12.6. The summed E-state index contributed by atoms with van der Waals surface area (Å²) < 4.78 is 6.70. The van der Waals surface area contributed by atoms with Crippen molar-refractivity contribution in [2.75, 3.05) is 12.0 Å². The third-order valence-electron chi connectivity index (χ3n) is 3.53. The Bertz CT molecular complexity index is 858. The Morgan fingerprint density at radius 3 is 2.44 bits per heavy atom. The summed E-state index contributed by atoms with van der Waals surface area (Å²) in [7, 11) is 1.61. The lowest BCUT2D eigenvalue weighted by Gasteiger charge is -2.14. The van der Waals surface area contributed by atoms with Crippen LogP contribution in [0.4, 0.5) is 5.69 Å². The Hall–Kier alpha value is -1.89. The second-order valence-electron chi connectivity index (χ2n) is 5.15. The quantitative estimate of drug-likeness (QED) is 0.477. The number of thioether (sulfide) groups is 1. The smallest absolute Gasteiger partial charge is 0.270 e. The van der Waals surface area contributed by atoms with Gasteiger partial charge in [0.2, 0.25) is 0 Å². The van der Waals surface area contributed by atoms with Crippen LogP contribution in [-0.2, 0) is 4.79 Å². The number of rotatable bonds is 4. The van der Waals surface area contributed by atoms with E-state index in [1.165, 1.54) is 11.8 Å². The van der Waals surface area contributed by atoms with Crippen molar-refractivity contribution >= 4 is 61.9 Å². The van der Waals surface area contributed by atoms with Crippen molar-refractivity contribution in [1.82, 2.24) is 0 Å². The van der Waals surface area contributed by atoms with Crippen LogP contribution >= 0.6 is 39.9 Å². The predicted octanol–water partition coefficient (Wildman–Crippen LogP) is 5.42. The van der Waals surface area contributed by atoms with E-state index in [0.29, 0.717) is 9.23 Å². The molecule has 0 aromatic heterocycles. The van der Waals surface area contributed by atoms with Gasteiger partial charge < -0.3 is 4.74 Å². The van der Waals surface area contributed by atoms with Gasteiger partial charge in [0, 0.05) is 4.47 Å². The van der Waals surface area contributed by atoms with Crippen LogP contribution in [0.2, 0.25) is 0 Å². The molecule has 2 aromatic carbocycles.